The molecule has 0 aliphatic rings. The molecule has 0 aliphatic carbocycles. The van der Waals surface area contributed by atoms with Gasteiger partial charge in [0, 0.05) is 11.8 Å². The average molecular weight is 421 g/mol. The molecule has 0 saturated heterocycles. The highest BCUT2D eigenvalue weighted by atomic mass is 32.2. The zero-order valence-electron chi connectivity index (χ0n) is 17.6. The Balaban J connectivity index is 2.40. The van der Waals surface area contributed by atoms with Gasteiger partial charge in [-0.2, -0.15) is 0 Å². The van der Waals surface area contributed by atoms with Crippen molar-refractivity contribution in [3.8, 4) is 11.5 Å². The third-order valence-corrected chi connectivity index (χ3v) is 5.79. The van der Waals surface area contributed by atoms with Crippen LogP contribution in [0.5, 0.6) is 11.5 Å². The van der Waals surface area contributed by atoms with Gasteiger partial charge in [0.1, 0.15) is 6.04 Å². The van der Waals surface area contributed by atoms with Crippen LogP contribution in [0.3, 0.4) is 0 Å². The molecule has 0 heterocycles. The standard InChI is InChI=1S/C21H28N2O5S/c1-14(2)17-9-7-8-10-18(17)22-21(24)15(3)23(29(6,25)26)16-11-12-19(27-4)20(13-16)28-5/h7-15H,1-6H3,(H,22,24). The minimum atomic E-state index is -3.75. The summed E-state index contributed by atoms with van der Waals surface area (Å²) in [6.45, 7) is 5.60. The molecule has 2 rings (SSSR count). The number of amides is 1. The van der Waals surface area contributed by atoms with Crippen molar-refractivity contribution in [2.24, 2.45) is 0 Å². The maximum atomic E-state index is 13.0. The summed E-state index contributed by atoms with van der Waals surface area (Å²) in [4.78, 5) is 13.0. The van der Waals surface area contributed by atoms with Gasteiger partial charge in [0.15, 0.2) is 11.5 Å². The Morgan fingerprint density at radius 2 is 1.62 bits per heavy atom. The van der Waals surface area contributed by atoms with E-state index in [-0.39, 0.29) is 5.92 Å². The Kier molecular flexibility index (Phi) is 7.13. The Bertz CT molecular complexity index is 973. The van der Waals surface area contributed by atoms with E-state index in [1.807, 2.05) is 32.0 Å². The number of carbonyl (C=O) groups is 1. The van der Waals surface area contributed by atoms with Crippen molar-refractivity contribution in [1.82, 2.24) is 0 Å². The lowest BCUT2D eigenvalue weighted by Gasteiger charge is -2.29. The van der Waals surface area contributed by atoms with Crippen LogP contribution in [0.15, 0.2) is 42.5 Å². The Morgan fingerprint density at radius 1 is 1.00 bits per heavy atom. The van der Waals surface area contributed by atoms with Crippen LogP contribution < -0.4 is 19.1 Å². The summed E-state index contributed by atoms with van der Waals surface area (Å²) >= 11 is 0. The van der Waals surface area contributed by atoms with Gasteiger partial charge in [-0.3, -0.25) is 9.10 Å². The number of nitrogens with zero attached hydrogens (tertiary/aromatic N) is 1. The monoisotopic (exact) mass is 420 g/mol. The number of hydrogen-bond donors (Lipinski definition) is 1. The normalized spacial score (nSPS) is 12.4. The van der Waals surface area contributed by atoms with Gasteiger partial charge in [0.05, 0.1) is 26.2 Å². The van der Waals surface area contributed by atoms with E-state index >= 15 is 0 Å². The van der Waals surface area contributed by atoms with Gasteiger partial charge in [-0.05, 0) is 36.6 Å². The number of anilines is 2. The summed E-state index contributed by atoms with van der Waals surface area (Å²) < 4.78 is 36.6. The van der Waals surface area contributed by atoms with Crippen LogP contribution >= 0.6 is 0 Å². The summed E-state index contributed by atoms with van der Waals surface area (Å²) in [7, 11) is -0.792. The van der Waals surface area contributed by atoms with Crippen LogP contribution in [0.4, 0.5) is 11.4 Å². The lowest BCUT2D eigenvalue weighted by atomic mass is 10.0. The maximum absolute atomic E-state index is 13.0. The van der Waals surface area contributed by atoms with Crippen molar-refractivity contribution in [2.45, 2.75) is 32.7 Å². The molecule has 29 heavy (non-hydrogen) atoms. The molecule has 1 unspecified atom stereocenters. The fourth-order valence-electron chi connectivity index (χ4n) is 3.12. The third kappa shape index (κ3) is 5.20. The van der Waals surface area contributed by atoms with Crippen LogP contribution in [-0.2, 0) is 14.8 Å². The van der Waals surface area contributed by atoms with E-state index in [0.717, 1.165) is 16.1 Å². The van der Waals surface area contributed by atoms with E-state index in [2.05, 4.69) is 5.32 Å². The highest BCUT2D eigenvalue weighted by Gasteiger charge is 2.30. The first-order valence-electron chi connectivity index (χ1n) is 9.21. The zero-order valence-corrected chi connectivity index (χ0v) is 18.4. The number of ether oxygens (including phenoxy) is 2. The molecular formula is C21H28N2O5S. The quantitative estimate of drug-likeness (QED) is 0.705. The Labute approximate surface area is 172 Å². The summed E-state index contributed by atoms with van der Waals surface area (Å²) in [6, 6.07) is 11.2. The number of benzene rings is 2. The number of methoxy groups -OCH3 is 2. The van der Waals surface area contributed by atoms with E-state index in [0.29, 0.717) is 22.9 Å². The fourth-order valence-corrected chi connectivity index (χ4v) is 4.29. The molecule has 1 atom stereocenters. The molecule has 1 amide bonds. The minimum Gasteiger partial charge on any atom is -0.493 e. The SMILES string of the molecule is COc1ccc(N(C(C)C(=O)Nc2ccccc2C(C)C)S(C)(=O)=O)cc1OC. The van der Waals surface area contributed by atoms with Crippen molar-refractivity contribution in [2.75, 3.05) is 30.1 Å². The van der Waals surface area contributed by atoms with Crippen molar-refractivity contribution < 1.29 is 22.7 Å². The molecule has 2 aromatic carbocycles. The van der Waals surface area contributed by atoms with Crippen molar-refractivity contribution in [3.63, 3.8) is 0 Å². The van der Waals surface area contributed by atoms with Crippen LogP contribution in [0.2, 0.25) is 0 Å². The Hall–Kier alpha value is -2.74. The molecule has 0 radical (unpaired) electrons. The second kappa shape index (κ2) is 9.17. The van der Waals surface area contributed by atoms with Crippen LogP contribution in [0.25, 0.3) is 0 Å². The summed E-state index contributed by atoms with van der Waals surface area (Å²) in [5.74, 6) is 0.612. The second-order valence-electron chi connectivity index (χ2n) is 7.01. The first-order valence-corrected chi connectivity index (χ1v) is 11.1. The summed E-state index contributed by atoms with van der Waals surface area (Å²) in [6.07, 6.45) is 1.07. The third-order valence-electron chi connectivity index (χ3n) is 4.55. The van der Waals surface area contributed by atoms with Crippen molar-refractivity contribution >= 4 is 27.3 Å². The number of carbonyl (C=O) groups excluding carboxylic acids is 1. The fraction of sp³-hybridized carbons (Fsp3) is 0.381. The zero-order chi connectivity index (χ0) is 21.8. The van der Waals surface area contributed by atoms with Gasteiger partial charge in [-0.15, -0.1) is 0 Å². The van der Waals surface area contributed by atoms with E-state index in [1.54, 1.807) is 25.1 Å². The largest absolute Gasteiger partial charge is 0.493 e. The molecule has 0 saturated carbocycles. The predicted octanol–water partition coefficient (Wildman–Crippen LogP) is 3.62. The van der Waals surface area contributed by atoms with E-state index in [9.17, 15) is 13.2 Å². The summed E-state index contributed by atoms with van der Waals surface area (Å²) in [5.41, 5.74) is 1.95. The van der Waals surface area contributed by atoms with Crippen LogP contribution in [0, 0.1) is 0 Å². The smallest absolute Gasteiger partial charge is 0.248 e. The highest BCUT2D eigenvalue weighted by molar-refractivity contribution is 7.92. The molecular weight excluding hydrogens is 392 g/mol. The van der Waals surface area contributed by atoms with Gasteiger partial charge in [-0.1, -0.05) is 32.0 Å². The van der Waals surface area contributed by atoms with Gasteiger partial charge in [0.25, 0.3) is 0 Å². The molecule has 158 valence electrons. The van der Waals surface area contributed by atoms with Gasteiger partial charge < -0.3 is 14.8 Å². The average Bonchev–Trinajstić information content (AvgIpc) is 2.67. The number of hydrogen-bond acceptors (Lipinski definition) is 5. The van der Waals surface area contributed by atoms with Gasteiger partial charge in [0.2, 0.25) is 15.9 Å². The molecule has 7 nitrogen and oxygen atoms in total. The van der Waals surface area contributed by atoms with Gasteiger partial charge in [-0.25, -0.2) is 8.42 Å². The maximum Gasteiger partial charge on any atom is 0.248 e. The first-order chi connectivity index (χ1) is 13.6. The molecule has 0 bridgehead atoms. The van der Waals surface area contributed by atoms with Crippen LogP contribution in [-0.4, -0.2) is 40.8 Å². The minimum absolute atomic E-state index is 0.207. The van der Waals surface area contributed by atoms with E-state index < -0.39 is 22.0 Å². The van der Waals surface area contributed by atoms with E-state index in [1.165, 1.54) is 20.3 Å². The molecule has 0 aliphatic heterocycles. The number of nitrogens with one attached hydrogen (secondary N) is 1. The number of rotatable bonds is 8. The lowest BCUT2D eigenvalue weighted by molar-refractivity contribution is -0.116. The molecule has 8 heteroatoms. The molecule has 2 aromatic rings. The van der Waals surface area contributed by atoms with E-state index in [4.69, 9.17) is 9.47 Å². The molecule has 1 N–H and O–H groups in total. The summed E-state index contributed by atoms with van der Waals surface area (Å²) in [5, 5.41) is 2.86. The molecule has 0 fully saturated rings. The second-order valence-corrected chi connectivity index (χ2v) is 8.86. The molecule has 0 aromatic heterocycles. The van der Waals surface area contributed by atoms with Crippen LogP contribution in [0.1, 0.15) is 32.3 Å². The first kappa shape index (κ1) is 22.5. The van der Waals surface area contributed by atoms with Crippen molar-refractivity contribution in [3.05, 3.63) is 48.0 Å². The predicted molar refractivity (Wildman–Crippen MR) is 115 cm³/mol. The highest BCUT2D eigenvalue weighted by Crippen LogP contribution is 2.33. The lowest BCUT2D eigenvalue weighted by Crippen LogP contribution is -2.45. The van der Waals surface area contributed by atoms with Gasteiger partial charge >= 0.3 is 0 Å². The number of sulfonamides is 1. The molecule has 0 spiro atoms. The van der Waals surface area contributed by atoms with Crippen molar-refractivity contribution in [1.29, 1.82) is 0 Å². The Morgan fingerprint density at radius 3 is 2.17 bits per heavy atom. The topological polar surface area (TPSA) is 84.9 Å². The number of para-hydroxylation sites is 1.